The van der Waals surface area contributed by atoms with Crippen molar-refractivity contribution in [2.75, 3.05) is 195 Å². The Kier molecular flexibility index (Phi) is 33.8. The van der Waals surface area contributed by atoms with Crippen LogP contribution in [0.5, 0.6) is 5.75 Å². The molecule has 0 aromatic heterocycles. The molecule has 1 saturated heterocycles. The van der Waals surface area contributed by atoms with Crippen LogP contribution in [0.4, 0.5) is 11.4 Å². The van der Waals surface area contributed by atoms with Gasteiger partial charge in [-0.15, -0.1) is 5.06 Å². The number of hydroxylamine groups is 2. The van der Waals surface area contributed by atoms with Crippen LogP contribution in [-0.2, 0) is 102 Å². The maximum absolute atomic E-state index is 13.0. The van der Waals surface area contributed by atoms with E-state index in [1.807, 2.05) is 48.3 Å². The molecule has 2 aromatic rings. The molecule has 5 rings (SSSR count). The average Bonchev–Trinajstić information content (AvgIpc) is 1.57. The van der Waals surface area contributed by atoms with Gasteiger partial charge in [-0.05, 0) is 91.3 Å². The number of carbonyl (C=O) groups is 3. The molecule has 0 saturated carbocycles. The minimum atomic E-state index is -4.70. The number of rotatable bonds is 49. The fourth-order valence-corrected chi connectivity index (χ4v) is 10.9. The van der Waals surface area contributed by atoms with E-state index < -0.39 is 55.3 Å². The van der Waals surface area contributed by atoms with Gasteiger partial charge in [-0.2, -0.15) is 16.8 Å². The number of fused-ring (bicyclic) bond motifs is 2. The van der Waals surface area contributed by atoms with E-state index >= 15 is 0 Å². The Morgan fingerprint density at radius 2 is 1.14 bits per heavy atom. The van der Waals surface area contributed by atoms with E-state index in [0.29, 0.717) is 186 Å². The molecule has 3 heterocycles. The fraction of sp³-hybridized carbons (Fsp3) is 0.661. The summed E-state index contributed by atoms with van der Waals surface area (Å²) in [5.41, 5.74) is 2.92. The summed E-state index contributed by atoms with van der Waals surface area (Å²) >= 11 is 0. The van der Waals surface area contributed by atoms with Crippen molar-refractivity contribution in [3.8, 4) is 5.75 Å². The molecule has 3 aliphatic heterocycles. The Morgan fingerprint density at radius 3 is 1.60 bits per heavy atom. The van der Waals surface area contributed by atoms with Crippen LogP contribution in [0.15, 0.2) is 71.3 Å². The molecule has 1 fully saturated rings. The molecule has 26 nitrogen and oxygen atoms in total. The number of allylic oxidation sites excluding steroid dienone is 4. The first kappa shape index (κ1) is 75.7. The molecule has 2 unspecified atom stereocenters. The number of hydrogen-bond acceptors (Lipinski definition) is 23. The molecule has 508 valence electrons. The van der Waals surface area contributed by atoms with E-state index in [2.05, 4.69) is 25.7 Å². The molecule has 0 spiro atoms. The SMILES string of the molecule is COCCOCCOCCOCCOCCOCCN(CCOCCOCCOCCOCCOCCOC)c1ccc2c(c1)OC(/C=C/C=C1/N(CCCS(=O)(=O)O)c3ccc(S(=O)(=O)O)cc3C1(C)CCCC(=O)ON1C(=O)CCC1=O)C=C2C(C)(C)C. The van der Waals surface area contributed by atoms with Crippen LogP contribution >= 0.6 is 0 Å². The van der Waals surface area contributed by atoms with Gasteiger partial charge in [-0.3, -0.25) is 18.7 Å². The van der Waals surface area contributed by atoms with E-state index in [0.717, 1.165) is 16.8 Å². The Bertz CT molecular complexity index is 2770. The highest BCUT2D eigenvalue weighted by Gasteiger charge is 2.44. The predicted molar refractivity (Wildman–Crippen MR) is 333 cm³/mol. The summed E-state index contributed by atoms with van der Waals surface area (Å²) in [5.74, 6) is -2.01. The Hall–Kier alpha value is -4.99. The largest absolute Gasteiger partial charge is 0.482 e. The second kappa shape index (κ2) is 40.2. The van der Waals surface area contributed by atoms with E-state index in [4.69, 9.17) is 66.4 Å². The Balaban J connectivity index is 1.28. The van der Waals surface area contributed by atoms with Gasteiger partial charge in [0.2, 0.25) is 0 Å². The van der Waals surface area contributed by atoms with Crippen LogP contribution in [-0.4, -0.2) is 240 Å². The molecule has 28 heteroatoms. The van der Waals surface area contributed by atoms with E-state index in [1.54, 1.807) is 20.3 Å². The van der Waals surface area contributed by atoms with Crippen LogP contribution < -0.4 is 14.5 Å². The van der Waals surface area contributed by atoms with Crippen molar-refractivity contribution >= 4 is 55.0 Å². The molecule has 0 radical (unpaired) electrons. The quantitative estimate of drug-likeness (QED) is 0.0458. The predicted octanol–water partition coefficient (Wildman–Crippen LogP) is 5.66. The summed E-state index contributed by atoms with van der Waals surface area (Å²) in [6, 6.07) is 10.2. The zero-order valence-electron chi connectivity index (χ0n) is 53.1. The molecule has 2 N–H and O–H groups in total. The number of benzene rings is 2. The normalized spacial score (nSPS) is 17.4. The second-order valence-corrected chi connectivity index (χ2v) is 25.3. The lowest BCUT2D eigenvalue weighted by atomic mass is 9.77. The fourth-order valence-electron chi connectivity index (χ4n) is 9.93. The maximum atomic E-state index is 13.0. The number of methoxy groups -OCH3 is 2. The van der Waals surface area contributed by atoms with Crippen molar-refractivity contribution in [2.24, 2.45) is 5.41 Å². The number of nitrogens with zero attached hydrogens (tertiary/aromatic N) is 3. The van der Waals surface area contributed by atoms with Crippen molar-refractivity contribution in [3.63, 3.8) is 0 Å². The van der Waals surface area contributed by atoms with E-state index in [9.17, 15) is 40.3 Å². The van der Waals surface area contributed by atoms with Gasteiger partial charge in [0.1, 0.15) is 11.9 Å². The lowest BCUT2D eigenvalue weighted by Gasteiger charge is -2.33. The molecule has 0 aliphatic carbocycles. The van der Waals surface area contributed by atoms with Crippen LogP contribution in [0.2, 0.25) is 0 Å². The summed E-state index contributed by atoms with van der Waals surface area (Å²) in [6.45, 7) is 19.0. The monoisotopic (exact) mass is 1310 g/mol. The highest BCUT2D eigenvalue weighted by Crippen LogP contribution is 2.52. The molecule has 2 aromatic carbocycles. The third-order valence-electron chi connectivity index (χ3n) is 14.5. The van der Waals surface area contributed by atoms with Gasteiger partial charge in [0, 0.05) is 87.2 Å². The van der Waals surface area contributed by atoms with Crippen LogP contribution in [0.1, 0.15) is 77.3 Å². The molecule has 0 bridgehead atoms. The number of amides is 2. The minimum absolute atomic E-state index is 0.0246. The molecular weight excluding hydrogens is 1220 g/mol. The molecule has 2 amide bonds. The molecular formula is C62H95N3O23S2. The number of hydrogen-bond donors (Lipinski definition) is 2. The van der Waals surface area contributed by atoms with Gasteiger partial charge in [-0.25, -0.2) is 4.79 Å². The number of imide groups is 1. The summed E-state index contributed by atoms with van der Waals surface area (Å²) in [4.78, 5) is 46.2. The first-order valence-corrected chi connectivity index (χ1v) is 33.5. The third kappa shape index (κ3) is 26.9. The lowest BCUT2D eigenvalue weighted by molar-refractivity contribution is -0.197. The minimum Gasteiger partial charge on any atom is -0.482 e. The highest BCUT2D eigenvalue weighted by molar-refractivity contribution is 7.86. The van der Waals surface area contributed by atoms with Crippen molar-refractivity contribution in [1.29, 1.82) is 0 Å². The van der Waals surface area contributed by atoms with Gasteiger partial charge in [0.15, 0.2) is 0 Å². The molecule has 90 heavy (non-hydrogen) atoms. The van der Waals surface area contributed by atoms with Crippen molar-refractivity contribution in [3.05, 3.63) is 77.5 Å². The van der Waals surface area contributed by atoms with Gasteiger partial charge < -0.3 is 76.2 Å². The maximum Gasteiger partial charge on any atom is 0.333 e. The lowest BCUT2D eigenvalue weighted by Crippen LogP contribution is -2.32. The van der Waals surface area contributed by atoms with Crippen molar-refractivity contribution < 1.29 is 107 Å². The zero-order chi connectivity index (χ0) is 65.3. The van der Waals surface area contributed by atoms with Crippen LogP contribution in [0.25, 0.3) is 5.57 Å². The van der Waals surface area contributed by atoms with Crippen LogP contribution in [0.3, 0.4) is 0 Å². The number of carbonyl (C=O) groups excluding carboxylic acids is 3. The third-order valence-corrected chi connectivity index (χ3v) is 16.1. The Morgan fingerprint density at radius 1 is 0.667 bits per heavy atom. The Labute approximate surface area is 530 Å². The number of ether oxygens (including phenoxy) is 13. The smallest absolute Gasteiger partial charge is 0.333 e. The van der Waals surface area contributed by atoms with Crippen molar-refractivity contribution in [1.82, 2.24) is 5.06 Å². The summed E-state index contributed by atoms with van der Waals surface area (Å²) in [5, 5.41) is 0.473. The topological polar surface area (TPSA) is 299 Å². The first-order chi connectivity index (χ1) is 43.2. The van der Waals surface area contributed by atoms with E-state index in [1.165, 1.54) is 18.2 Å². The van der Waals surface area contributed by atoms with Gasteiger partial charge in [0.25, 0.3) is 32.1 Å². The second-order valence-electron chi connectivity index (χ2n) is 22.3. The van der Waals surface area contributed by atoms with Gasteiger partial charge in [0.05, 0.1) is 156 Å². The van der Waals surface area contributed by atoms with E-state index in [-0.39, 0.29) is 55.4 Å². The first-order valence-electron chi connectivity index (χ1n) is 30.5. The summed E-state index contributed by atoms with van der Waals surface area (Å²) in [7, 11) is -5.81. The summed E-state index contributed by atoms with van der Waals surface area (Å²) in [6.07, 6.45) is 6.81. The standard InChI is InChI=1S/C62H95N3O23S2/c1-61(2,3)53-47-50(10-7-11-57-62(4,19-8-12-60(68)88-65-58(66)17-18-59(65)67)54-48-51(90(72,73)74)14-16-55(54)64(57)20-9-45-89(69,70)71)87-56-46-49(13-15-52(53)56)63(21-23-77-29-31-81-37-39-85-43-41-83-35-33-79-27-25-75-5)22-24-78-30-32-82-38-40-86-44-42-84-36-34-80-28-26-76-6/h7,10-11,13-16,46-48,50H,8-9,12,17-45H2,1-6H3,(H,69,70,71)(H,72,73,74)/b10-7+,57-11+. The zero-order valence-corrected chi connectivity index (χ0v) is 54.7. The number of anilines is 2. The highest BCUT2D eigenvalue weighted by atomic mass is 32.2. The molecule has 3 aliphatic rings. The summed E-state index contributed by atoms with van der Waals surface area (Å²) < 4.78 is 142. The van der Waals surface area contributed by atoms with Gasteiger partial charge >= 0.3 is 5.97 Å². The van der Waals surface area contributed by atoms with Gasteiger partial charge in [-0.1, -0.05) is 26.8 Å². The molecule has 2 atom stereocenters. The van der Waals surface area contributed by atoms with Crippen LogP contribution in [0, 0.1) is 5.41 Å². The van der Waals surface area contributed by atoms with Crippen molar-refractivity contribution in [2.45, 2.75) is 82.6 Å². The average molecular weight is 1310 g/mol.